The molecule has 0 spiro atoms. The molecule has 162 valence electrons. The van der Waals surface area contributed by atoms with Gasteiger partial charge in [-0.2, -0.15) is 0 Å². The number of hydrogen-bond donors (Lipinski definition) is 2. The number of nitrogen functional groups attached to an aromatic ring is 2. The molecule has 0 saturated heterocycles. The summed E-state index contributed by atoms with van der Waals surface area (Å²) < 4.78 is 11.5. The number of carbonyl (C=O) groups is 3. The van der Waals surface area contributed by atoms with E-state index in [1.165, 1.54) is 6.07 Å². The van der Waals surface area contributed by atoms with Gasteiger partial charge >= 0.3 is 5.97 Å². The first-order valence-corrected chi connectivity index (χ1v) is 9.81. The highest BCUT2D eigenvalue weighted by molar-refractivity contribution is 6.32. The molecular formula is C24H26N2O5. The number of ether oxygens (including phenoxy) is 2. The van der Waals surface area contributed by atoms with Crippen LogP contribution in [0.3, 0.4) is 0 Å². The van der Waals surface area contributed by atoms with Crippen molar-refractivity contribution in [2.24, 2.45) is 0 Å². The van der Waals surface area contributed by atoms with Gasteiger partial charge in [-0.25, -0.2) is 4.79 Å². The van der Waals surface area contributed by atoms with Crippen LogP contribution in [0.5, 0.6) is 5.75 Å². The van der Waals surface area contributed by atoms with Gasteiger partial charge in [0.15, 0.2) is 11.6 Å². The lowest BCUT2D eigenvalue weighted by Crippen LogP contribution is -2.40. The summed E-state index contributed by atoms with van der Waals surface area (Å²) in [5.41, 5.74) is 11.6. The second-order valence-electron chi connectivity index (χ2n) is 8.75. The molecule has 0 saturated carbocycles. The second-order valence-corrected chi connectivity index (χ2v) is 8.75. The quantitative estimate of drug-likeness (QED) is 0.353. The highest BCUT2D eigenvalue weighted by atomic mass is 16.6. The summed E-state index contributed by atoms with van der Waals surface area (Å²) >= 11 is 0. The topological polar surface area (TPSA) is 122 Å². The van der Waals surface area contributed by atoms with Gasteiger partial charge in [0, 0.05) is 35.4 Å². The Hall–Kier alpha value is -3.61. The summed E-state index contributed by atoms with van der Waals surface area (Å²) in [6.45, 7) is 10.5. The normalized spacial score (nSPS) is 13.3. The summed E-state index contributed by atoms with van der Waals surface area (Å²) in [5, 5.41) is 0. The number of ketones is 2. The van der Waals surface area contributed by atoms with Crippen molar-refractivity contribution in [3.8, 4) is 5.75 Å². The Bertz CT molecular complexity index is 1120. The smallest absolute Gasteiger partial charge is 0.330 e. The first-order valence-electron chi connectivity index (χ1n) is 9.81. The van der Waals surface area contributed by atoms with E-state index >= 15 is 0 Å². The summed E-state index contributed by atoms with van der Waals surface area (Å²) in [4.78, 5) is 37.7. The molecule has 0 bridgehead atoms. The summed E-state index contributed by atoms with van der Waals surface area (Å²) in [6, 6.07) is 8.01. The zero-order valence-corrected chi connectivity index (χ0v) is 18.1. The maximum absolute atomic E-state index is 13.1. The van der Waals surface area contributed by atoms with Crippen LogP contribution >= 0.6 is 0 Å². The first kappa shape index (κ1) is 22.1. The van der Waals surface area contributed by atoms with E-state index in [1.54, 1.807) is 52.0 Å². The number of fused-ring (bicyclic) bond motifs is 2. The third-order valence-corrected chi connectivity index (χ3v) is 5.01. The third kappa shape index (κ3) is 4.17. The Morgan fingerprint density at radius 2 is 1.55 bits per heavy atom. The fraction of sp³-hybridized carbons (Fsp3) is 0.292. The molecule has 1 aliphatic carbocycles. The molecule has 4 N–H and O–H groups in total. The minimum Gasteiger partial charge on any atom is -0.485 e. The SMILES string of the molecule is C=CC(=O)OC(C)(C)CC(C)(C)Oc1cc(N)c2c(c1N)C(=O)c1ccccc1C2=O. The molecule has 1 aliphatic rings. The lowest BCUT2D eigenvalue weighted by Gasteiger charge is -2.35. The van der Waals surface area contributed by atoms with E-state index in [0.717, 1.165) is 6.08 Å². The number of carbonyl (C=O) groups excluding carboxylic acids is 3. The van der Waals surface area contributed by atoms with Crippen LogP contribution in [0, 0.1) is 0 Å². The number of nitrogens with two attached hydrogens (primary N) is 2. The molecule has 31 heavy (non-hydrogen) atoms. The van der Waals surface area contributed by atoms with Gasteiger partial charge in [-0.3, -0.25) is 9.59 Å². The first-order chi connectivity index (χ1) is 14.4. The fourth-order valence-electron chi connectivity index (χ4n) is 4.12. The van der Waals surface area contributed by atoms with Gasteiger partial charge in [-0.15, -0.1) is 0 Å². The van der Waals surface area contributed by atoms with E-state index in [-0.39, 0.29) is 45.4 Å². The van der Waals surface area contributed by atoms with Gasteiger partial charge in [-0.1, -0.05) is 30.8 Å². The lowest BCUT2D eigenvalue weighted by atomic mass is 9.82. The summed E-state index contributed by atoms with van der Waals surface area (Å²) in [5.74, 6) is -1.08. The molecular weight excluding hydrogens is 396 g/mol. The van der Waals surface area contributed by atoms with Gasteiger partial charge in [0.1, 0.15) is 17.0 Å². The maximum atomic E-state index is 13.1. The number of anilines is 2. The van der Waals surface area contributed by atoms with Crippen molar-refractivity contribution in [3.05, 3.63) is 65.2 Å². The summed E-state index contributed by atoms with van der Waals surface area (Å²) in [7, 11) is 0. The van der Waals surface area contributed by atoms with Crippen molar-refractivity contribution < 1.29 is 23.9 Å². The molecule has 0 radical (unpaired) electrons. The highest BCUT2D eigenvalue weighted by Gasteiger charge is 2.37. The van der Waals surface area contributed by atoms with E-state index in [2.05, 4.69) is 6.58 Å². The van der Waals surface area contributed by atoms with E-state index in [1.807, 2.05) is 0 Å². The van der Waals surface area contributed by atoms with Crippen LogP contribution < -0.4 is 16.2 Å². The third-order valence-electron chi connectivity index (χ3n) is 5.01. The molecule has 0 aliphatic heterocycles. The second kappa shape index (κ2) is 7.58. The molecule has 7 heteroatoms. The van der Waals surface area contributed by atoms with Crippen LogP contribution in [0.1, 0.15) is 66.0 Å². The minimum absolute atomic E-state index is 0.0472. The zero-order chi connectivity index (χ0) is 23.1. The average molecular weight is 422 g/mol. The average Bonchev–Trinajstić information content (AvgIpc) is 2.67. The molecule has 0 amide bonds. The molecule has 0 aromatic heterocycles. The molecule has 7 nitrogen and oxygen atoms in total. The van der Waals surface area contributed by atoms with Gasteiger partial charge in [-0.05, 0) is 27.7 Å². The number of esters is 1. The van der Waals surface area contributed by atoms with Crippen LogP contribution in [0.4, 0.5) is 11.4 Å². The van der Waals surface area contributed by atoms with E-state index < -0.39 is 17.2 Å². The van der Waals surface area contributed by atoms with Gasteiger partial charge in [0.05, 0.1) is 16.8 Å². The molecule has 2 aromatic carbocycles. The Morgan fingerprint density at radius 3 is 2.10 bits per heavy atom. The highest BCUT2D eigenvalue weighted by Crippen LogP contribution is 2.41. The largest absolute Gasteiger partial charge is 0.485 e. The van der Waals surface area contributed by atoms with E-state index in [9.17, 15) is 14.4 Å². The molecule has 0 atom stereocenters. The van der Waals surface area contributed by atoms with Crippen LogP contribution in [0.25, 0.3) is 0 Å². The molecule has 2 aromatic rings. The molecule has 0 fully saturated rings. The Balaban J connectivity index is 1.99. The maximum Gasteiger partial charge on any atom is 0.330 e. The van der Waals surface area contributed by atoms with Crippen molar-refractivity contribution in [1.29, 1.82) is 0 Å². The fourth-order valence-corrected chi connectivity index (χ4v) is 4.12. The van der Waals surface area contributed by atoms with Crippen molar-refractivity contribution >= 4 is 28.9 Å². The Labute approximate surface area is 181 Å². The molecule has 0 heterocycles. The van der Waals surface area contributed by atoms with Crippen molar-refractivity contribution in [1.82, 2.24) is 0 Å². The van der Waals surface area contributed by atoms with Crippen molar-refractivity contribution in [2.75, 3.05) is 11.5 Å². The lowest BCUT2D eigenvalue weighted by molar-refractivity contribution is -0.154. The van der Waals surface area contributed by atoms with E-state index in [4.69, 9.17) is 20.9 Å². The number of benzene rings is 2. The number of hydrogen-bond acceptors (Lipinski definition) is 7. The van der Waals surface area contributed by atoms with Gasteiger partial charge in [0.25, 0.3) is 0 Å². The zero-order valence-electron chi connectivity index (χ0n) is 18.1. The standard InChI is InChI=1S/C24H26N2O5/c1-6-17(27)31-24(4,5)12-23(2,3)30-16-11-15(25)18-19(20(16)26)22(29)14-10-8-7-9-13(14)21(18)28/h6-11H,1,12,25-26H2,2-5H3. The molecule has 0 unspecified atom stereocenters. The Morgan fingerprint density at radius 1 is 1.00 bits per heavy atom. The summed E-state index contributed by atoms with van der Waals surface area (Å²) in [6.07, 6.45) is 1.41. The minimum atomic E-state index is -0.853. The monoisotopic (exact) mass is 422 g/mol. The van der Waals surface area contributed by atoms with Crippen LogP contribution in [0.15, 0.2) is 43.0 Å². The van der Waals surface area contributed by atoms with Gasteiger partial charge < -0.3 is 20.9 Å². The Kier molecular flexibility index (Phi) is 5.40. The van der Waals surface area contributed by atoms with E-state index in [0.29, 0.717) is 12.0 Å². The van der Waals surface area contributed by atoms with Crippen LogP contribution in [-0.4, -0.2) is 28.7 Å². The predicted octanol–water partition coefficient (Wildman–Crippen LogP) is 3.68. The van der Waals surface area contributed by atoms with Crippen molar-refractivity contribution in [3.63, 3.8) is 0 Å². The predicted molar refractivity (Wildman–Crippen MR) is 118 cm³/mol. The van der Waals surface area contributed by atoms with Crippen molar-refractivity contribution in [2.45, 2.75) is 45.3 Å². The van der Waals surface area contributed by atoms with Gasteiger partial charge in [0.2, 0.25) is 0 Å². The van der Waals surface area contributed by atoms with Crippen LogP contribution in [-0.2, 0) is 9.53 Å². The van der Waals surface area contributed by atoms with Crippen LogP contribution in [0.2, 0.25) is 0 Å². The number of rotatable bonds is 6. The molecule has 3 rings (SSSR count).